The van der Waals surface area contributed by atoms with Crippen molar-refractivity contribution in [3.8, 4) is 17.2 Å². The van der Waals surface area contributed by atoms with Crippen molar-refractivity contribution in [3.05, 3.63) is 48.0 Å². The van der Waals surface area contributed by atoms with Crippen LogP contribution in [0.4, 0.5) is 5.69 Å². The lowest BCUT2D eigenvalue weighted by Crippen LogP contribution is -2.35. The van der Waals surface area contributed by atoms with Crippen LogP contribution in [0, 0.1) is 0 Å². The molecule has 0 aliphatic rings. The number of methoxy groups -OCH3 is 3. The van der Waals surface area contributed by atoms with Crippen LogP contribution in [0.2, 0.25) is 0 Å². The molecule has 144 valence electrons. The van der Waals surface area contributed by atoms with Gasteiger partial charge < -0.3 is 24.2 Å². The third kappa shape index (κ3) is 4.91. The summed E-state index contributed by atoms with van der Waals surface area (Å²) in [5.41, 5.74) is 1.32. The van der Waals surface area contributed by atoms with Crippen molar-refractivity contribution < 1.29 is 28.9 Å². The minimum Gasteiger partial charge on any atom is -0.493 e. The first kappa shape index (κ1) is 20.1. The van der Waals surface area contributed by atoms with Crippen LogP contribution in [0.25, 0.3) is 0 Å². The number of aliphatic carboxylic acids is 1. The molecule has 0 fully saturated rings. The summed E-state index contributed by atoms with van der Waals surface area (Å²) in [7, 11) is 4.56. The zero-order chi connectivity index (χ0) is 19.8. The Morgan fingerprint density at radius 2 is 1.59 bits per heavy atom. The van der Waals surface area contributed by atoms with Gasteiger partial charge in [0.05, 0.1) is 21.3 Å². The second kappa shape index (κ2) is 9.47. The number of anilines is 1. The van der Waals surface area contributed by atoms with Crippen molar-refractivity contribution in [2.75, 3.05) is 32.8 Å². The van der Waals surface area contributed by atoms with Crippen LogP contribution in [-0.2, 0) is 16.0 Å². The Balaban J connectivity index is 2.21. The molecular formula is C20H23NO6. The van der Waals surface area contributed by atoms with Gasteiger partial charge in [0.2, 0.25) is 11.7 Å². The van der Waals surface area contributed by atoms with Gasteiger partial charge in [0.1, 0.15) is 6.54 Å². The van der Waals surface area contributed by atoms with E-state index in [-0.39, 0.29) is 12.3 Å². The van der Waals surface area contributed by atoms with Gasteiger partial charge in [-0.25, -0.2) is 0 Å². The molecule has 7 heteroatoms. The number of carboxylic acids is 1. The fraction of sp³-hybridized carbons (Fsp3) is 0.300. The summed E-state index contributed by atoms with van der Waals surface area (Å²) in [6.45, 7) is -0.397. The number of hydrogen-bond acceptors (Lipinski definition) is 5. The van der Waals surface area contributed by atoms with E-state index in [9.17, 15) is 9.59 Å². The molecule has 0 aliphatic carbocycles. The Kier molecular flexibility index (Phi) is 7.05. The molecule has 7 nitrogen and oxygen atoms in total. The molecule has 0 atom stereocenters. The molecule has 1 amide bonds. The zero-order valence-electron chi connectivity index (χ0n) is 15.6. The maximum absolute atomic E-state index is 12.7. The predicted molar refractivity (Wildman–Crippen MR) is 101 cm³/mol. The van der Waals surface area contributed by atoms with Gasteiger partial charge in [0.15, 0.2) is 11.5 Å². The highest BCUT2D eigenvalue weighted by atomic mass is 16.5. The monoisotopic (exact) mass is 373 g/mol. The van der Waals surface area contributed by atoms with Crippen LogP contribution in [0.3, 0.4) is 0 Å². The largest absolute Gasteiger partial charge is 0.493 e. The van der Waals surface area contributed by atoms with Gasteiger partial charge in [-0.05, 0) is 30.2 Å². The van der Waals surface area contributed by atoms with Crippen LogP contribution in [0.1, 0.15) is 12.0 Å². The third-order valence-electron chi connectivity index (χ3n) is 4.06. The minimum absolute atomic E-state index is 0.119. The van der Waals surface area contributed by atoms with E-state index in [0.717, 1.165) is 5.56 Å². The van der Waals surface area contributed by atoms with E-state index in [2.05, 4.69) is 0 Å². The predicted octanol–water partition coefficient (Wildman–Crippen LogP) is 2.76. The summed E-state index contributed by atoms with van der Waals surface area (Å²) in [4.78, 5) is 25.1. The molecule has 0 aliphatic heterocycles. The first-order valence-corrected chi connectivity index (χ1v) is 8.36. The number of carbonyl (C=O) groups excluding carboxylic acids is 1. The van der Waals surface area contributed by atoms with Crippen molar-refractivity contribution in [1.82, 2.24) is 0 Å². The fourth-order valence-corrected chi connectivity index (χ4v) is 2.80. The molecule has 0 heterocycles. The lowest BCUT2D eigenvalue weighted by Gasteiger charge is -2.21. The van der Waals surface area contributed by atoms with Crippen LogP contribution in [-0.4, -0.2) is 44.9 Å². The molecule has 2 rings (SSSR count). The highest BCUT2D eigenvalue weighted by molar-refractivity contribution is 5.97. The number of aryl methyl sites for hydroxylation is 1. The van der Waals surface area contributed by atoms with E-state index in [1.807, 2.05) is 0 Å². The molecule has 0 unspecified atom stereocenters. The number of ether oxygens (including phenoxy) is 3. The minimum atomic E-state index is -1.07. The van der Waals surface area contributed by atoms with Crippen molar-refractivity contribution in [2.24, 2.45) is 0 Å². The molecule has 0 bridgehead atoms. The second-order valence-electron chi connectivity index (χ2n) is 5.70. The Morgan fingerprint density at radius 3 is 2.15 bits per heavy atom. The number of benzene rings is 2. The van der Waals surface area contributed by atoms with Crippen molar-refractivity contribution in [1.29, 1.82) is 0 Å². The van der Waals surface area contributed by atoms with E-state index in [1.54, 1.807) is 42.5 Å². The molecule has 1 N–H and O–H groups in total. The van der Waals surface area contributed by atoms with Gasteiger partial charge in [-0.15, -0.1) is 0 Å². The summed E-state index contributed by atoms with van der Waals surface area (Å²) in [5, 5.41) is 9.14. The van der Waals surface area contributed by atoms with Crippen molar-refractivity contribution in [3.63, 3.8) is 0 Å². The SMILES string of the molecule is COc1ccc(CCC(=O)N(CC(=O)O)c2ccccc2)c(OC)c1OC. The van der Waals surface area contributed by atoms with Gasteiger partial charge in [-0.2, -0.15) is 0 Å². The standard InChI is InChI=1S/C20H23NO6/c1-25-16-11-9-14(19(26-2)20(16)27-3)10-12-17(22)21(13-18(23)24)15-7-5-4-6-8-15/h4-9,11H,10,12-13H2,1-3H3,(H,23,24). The van der Waals surface area contributed by atoms with Gasteiger partial charge in [0.25, 0.3) is 0 Å². The fourth-order valence-electron chi connectivity index (χ4n) is 2.80. The number of rotatable bonds is 9. The highest BCUT2D eigenvalue weighted by Crippen LogP contribution is 2.40. The molecule has 0 aromatic heterocycles. The van der Waals surface area contributed by atoms with E-state index < -0.39 is 12.5 Å². The number of carbonyl (C=O) groups is 2. The van der Waals surface area contributed by atoms with Crippen LogP contribution in [0.15, 0.2) is 42.5 Å². The van der Waals surface area contributed by atoms with E-state index in [1.165, 1.54) is 26.2 Å². The average Bonchev–Trinajstić information content (AvgIpc) is 2.69. The summed E-state index contributed by atoms with van der Waals surface area (Å²) in [6, 6.07) is 12.3. The van der Waals surface area contributed by atoms with E-state index in [4.69, 9.17) is 19.3 Å². The Labute approximate surface area is 158 Å². The van der Waals surface area contributed by atoms with Gasteiger partial charge >= 0.3 is 5.97 Å². The van der Waals surface area contributed by atoms with Crippen LogP contribution < -0.4 is 19.1 Å². The average molecular weight is 373 g/mol. The van der Waals surface area contributed by atoms with Gasteiger partial charge in [-0.3, -0.25) is 9.59 Å². The smallest absolute Gasteiger partial charge is 0.323 e. The first-order valence-electron chi connectivity index (χ1n) is 8.36. The summed E-state index contributed by atoms with van der Waals surface area (Å²) < 4.78 is 16.0. The molecule has 0 spiro atoms. The quantitative estimate of drug-likeness (QED) is 0.727. The molecular weight excluding hydrogens is 350 g/mol. The lowest BCUT2D eigenvalue weighted by molar-refractivity contribution is -0.136. The van der Waals surface area contributed by atoms with Gasteiger partial charge in [0, 0.05) is 12.1 Å². The first-order chi connectivity index (χ1) is 13.0. The maximum Gasteiger partial charge on any atom is 0.323 e. The molecule has 2 aromatic rings. The number of nitrogens with zero attached hydrogens (tertiary/aromatic N) is 1. The number of carboxylic acid groups (broad SMARTS) is 1. The maximum atomic E-state index is 12.7. The summed E-state index contributed by atoms with van der Waals surface area (Å²) in [6.07, 6.45) is 0.485. The van der Waals surface area contributed by atoms with Gasteiger partial charge in [-0.1, -0.05) is 24.3 Å². The lowest BCUT2D eigenvalue weighted by atomic mass is 10.1. The molecule has 0 saturated heterocycles. The summed E-state index contributed by atoms with van der Waals surface area (Å²) >= 11 is 0. The number of amides is 1. The van der Waals surface area contributed by atoms with Crippen molar-refractivity contribution >= 4 is 17.6 Å². The summed E-state index contributed by atoms with van der Waals surface area (Å²) in [5.74, 6) is 0.113. The second-order valence-corrected chi connectivity index (χ2v) is 5.70. The molecule has 27 heavy (non-hydrogen) atoms. The van der Waals surface area contributed by atoms with E-state index >= 15 is 0 Å². The highest BCUT2D eigenvalue weighted by Gasteiger charge is 2.21. The Hall–Kier alpha value is -3.22. The zero-order valence-corrected chi connectivity index (χ0v) is 15.6. The number of hydrogen-bond donors (Lipinski definition) is 1. The van der Waals surface area contributed by atoms with Crippen LogP contribution in [0.5, 0.6) is 17.2 Å². The Morgan fingerprint density at radius 1 is 0.926 bits per heavy atom. The molecule has 2 aromatic carbocycles. The van der Waals surface area contributed by atoms with Crippen LogP contribution >= 0.6 is 0 Å². The Bertz CT molecular complexity index is 791. The third-order valence-corrected chi connectivity index (χ3v) is 4.06. The normalized spacial score (nSPS) is 10.2. The van der Waals surface area contributed by atoms with E-state index in [0.29, 0.717) is 29.4 Å². The molecule has 0 radical (unpaired) electrons. The number of para-hydroxylation sites is 1. The topological polar surface area (TPSA) is 85.3 Å². The van der Waals surface area contributed by atoms with Crippen molar-refractivity contribution in [2.45, 2.75) is 12.8 Å². The molecule has 0 saturated carbocycles.